The van der Waals surface area contributed by atoms with Crippen LogP contribution in [0.3, 0.4) is 0 Å². The Labute approximate surface area is 95.2 Å². The van der Waals surface area contributed by atoms with Crippen LogP contribution in [0.15, 0.2) is 30.3 Å². The van der Waals surface area contributed by atoms with Gasteiger partial charge < -0.3 is 4.43 Å². The van der Waals surface area contributed by atoms with Crippen molar-refractivity contribution in [1.29, 1.82) is 0 Å². The van der Waals surface area contributed by atoms with Gasteiger partial charge in [0.2, 0.25) is 0 Å². The average Bonchev–Trinajstić information content (AvgIpc) is 2.29. The molecule has 0 saturated carbocycles. The molecule has 1 atom stereocenters. The number of rotatable bonds is 7. The predicted molar refractivity (Wildman–Crippen MR) is 68.6 cm³/mol. The molecule has 2 heteroatoms. The van der Waals surface area contributed by atoms with Gasteiger partial charge in [0.15, 0.2) is 9.04 Å². The third kappa shape index (κ3) is 5.14. The summed E-state index contributed by atoms with van der Waals surface area (Å²) in [6, 6.07) is 13.2. The lowest BCUT2D eigenvalue weighted by Crippen LogP contribution is -2.19. The van der Waals surface area contributed by atoms with Crippen LogP contribution < -0.4 is 0 Å². The Morgan fingerprint density at radius 2 is 1.87 bits per heavy atom. The summed E-state index contributed by atoms with van der Waals surface area (Å²) >= 11 is 0. The van der Waals surface area contributed by atoms with E-state index in [1.165, 1.54) is 36.9 Å². The van der Waals surface area contributed by atoms with Crippen molar-refractivity contribution in [1.82, 2.24) is 0 Å². The van der Waals surface area contributed by atoms with E-state index in [0.717, 1.165) is 0 Å². The molecule has 1 unspecified atom stereocenters. The van der Waals surface area contributed by atoms with Crippen molar-refractivity contribution in [2.75, 3.05) is 7.11 Å². The normalized spacial score (nSPS) is 12.7. The van der Waals surface area contributed by atoms with Crippen molar-refractivity contribution in [3.63, 3.8) is 0 Å². The zero-order valence-electron chi connectivity index (χ0n) is 9.91. The molecule has 0 fully saturated rings. The molecule has 0 radical (unpaired) electrons. The molecule has 0 heterocycles. The number of unbranched alkanes of at least 4 members (excludes halogenated alkanes) is 2. The second kappa shape index (κ2) is 7.66. The molecule has 15 heavy (non-hydrogen) atoms. The molecule has 84 valence electrons. The van der Waals surface area contributed by atoms with E-state index in [1.807, 2.05) is 7.11 Å². The maximum atomic E-state index is 5.64. The first-order valence-electron chi connectivity index (χ1n) is 5.93. The number of hydrogen-bond donors (Lipinski definition) is 0. The summed E-state index contributed by atoms with van der Waals surface area (Å²) in [5.41, 5.74) is 1.44. The van der Waals surface area contributed by atoms with Crippen molar-refractivity contribution in [2.45, 2.75) is 38.3 Å². The van der Waals surface area contributed by atoms with E-state index in [-0.39, 0.29) is 0 Å². The van der Waals surface area contributed by atoms with Gasteiger partial charge in [0.05, 0.1) is 0 Å². The third-order valence-corrected chi connectivity index (χ3v) is 5.41. The Morgan fingerprint density at radius 3 is 2.47 bits per heavy atom. The Kier molecular flexibility index (Phi) is 6.36. The van der Waals surface area contributed by atoms with Gasteiger partial charge in [-0.2, -0.15) is 0 Å². The van der Waals surface area contributed by atoms with Crippen LogP contribution in [0.4, 0.5) is 0 Å². The highest BCUT2D eigenvalue weighted by atomic mass is 28.3. The summed E-state index contributed by atoms with van der Waals surface area (Å²) in [6.45, 7) is 2.25. The maximum Gasteiger partial charge on any atom is 0.180 e. The molecule has 0 aliphatic rings. The molecular formula is C13H22OSi. The van der Waals surface area contributed by atoms with Crippen LogP contribution >= 0.6 is 0 Å². The van der Waals surface area contributed by atoms with Crippen molar-refractivity contribution >= 4 is 9.04 Å². The monoisotopic (exact) mass is 222 g/mol. The summed E-state index contributed by atoms with van der Waals surface area (Å²) in [4.78, 5) is 0. The fourth-order valence-corrected chi connectivity index (χ4v) is 3.95. The van der Waals surface area contributed by atoms with Crippen LogP contribution in [0.2, 0.25) is 6.04 Å². The van der Waals surface area contributed by atoms with E-state index in [1.54, 1.807) is 0 Å². The van der Waals surface area contributed by atoms with Gasteiger partial charge in [-0.25, -0.2) is 0 Å². The highest BCUT2D eigenvalue weighted by Gasteiger charge is 2.10. The lowest BCUT2D eigenvalue weighted by molar-refractivity contribution is 0.415. The summed E-state index contributed by atoms with van der Waals surface area (Å²) in [6.07, 6.45) is 3.99. The maximum absolute atomic E-state index is 5.64. The molecule has 0 aliphatic heterocycles. The van der Waals surface area contributed by atoms with Gasteiger partial charge in [-0.1, -0.05) is 56.5 Å². The number of benzene rings is 1. The van der Waals surface area contributed by atoms with E-state index in [0.29, 0.717) is 0 Å². The van der Waals surface area contributed by atoms with Crippen molar-refractivity contribution in [2.24, 2.45) is 0 Å². The molecule has 1 aromatic carbocycles. The molecule has 0 N–H and O–H groups in total. The number of hydrogen-bond acceptors (Lipinski definition) is 1. The standard InChI is InChI=1S/C13H22OSi/c1-3-4-8-11-15(14-2)12-13-9-6-5-7-10-13/h5-7,9-10,15H,3-4,8,11-12H2,1-2H3. The van der Waals surface area contributed by atoms with Crippen LogP contribution in [0.1, 0.15) is 31.7 Å². The van der Waals surface area contributed by atoms with Crippen LogP contribution in [0.25, 0.3) is 0 Å². The van der Waals surface area contributed by atoms with Gasteiger partial charge in [0.1, 0.15) is 0 Å². The van der Waals surface area contributed by atoms with Crippen molar-refractivity contribution in [3.05, 3.63) is 35.9 Å². The van der Waals surface area contributed by atoms with E-state index in [9.17, 15) is 0 Å². The molecule has 0 aromatic heterocycles. The van der Waals surface area contributed by atoms with Gasteiger partial charge >= 0.3 is 0 Å². The minimum atomic E-state index is -0.971. The molecule has 0 spiro atoms. The van der Waals surface area contributed by atoms with Crippen LogP contribution in [-0.4, -0.2) is 16.2 Å². The first-order chi connectivity index (χ1) is 7.36. The van der Waals surface area contributed by atoms with Gasteiger partial charge in [-0.3, -0.25) is 0 Å². The molecule has 0 saturated heterocycles. The fourth-order valence-electron chi connectivity index (χ4n) is 1.80. The van der Waals surface area contributed by atoms with Crippen molar-refractivity contribution in [3.8, 4) is 0 Å². The Morgan fingerprint density at radius 1 is 1.13 bits per heavy atom. The fraction of sp³-hybridized carbons (Fsp3) is 0.538. The largest absolute Gasteiger partial charge is 0.423 e. The SMILES string of the molecule is CCCCC[SiH](Cc1ccccc1)OC. The third-order valence-electron chi connectivity index (χ3n) is 2.77. The van der Waals surface area contributed by atoms with E-state index >= 15 is 0 Å². The summed E-state index contributed by atoms with van der Waals surface area (Å²) < 4.78 is 5.64. The second-order valence-corrected chi connectivity index (χ2v) is 6.74. The van der Waals surface area contributed by atoms with Gasteiger partial charge in [0, 0.05) is 7.11 Å². The zero-order chi connectivity index (χ0) is 10.9. The highest BCUT2D eigenvalue weighted by molar-refractivity contribution is 6.51. The molecule has 0 amide bonds. The van der Waals surface area contributed by atoms with E-state index in [4.69, 9.17) is 4.43 Å². The molecule has 1 rings (SSSR count). The predicted octanol–water partition coefficient (Wildman–Crippen LogP) is 3.33. The zero-order valence-corrected chi connectivity index (χ0v) is 11.1. The van der Waals surface area contributed by atoms with E-state index in [2.05, 4.69) is 37.3 Å². The highest BCUT2D eigenvalue weighted by Crippen LogP contribution is 2.10. The Bertz CT molecular complexity index is 248. The molecule has 1 aromatic rings. The quantitative estimate of drug-likeness (QED) is 0.508. The average molecular weight is 222 g/mol. The smallest absolute Gasteiger partial charge is 0.180 e. The molecule has 0 bridgehead atoms. The van der Waals surface area contributed by atoms with Gasteiger partial charge in [0.25, 0.3) is 0 Å². The molecular weight excluding hydrogens is 200 g/mol. The summed E-state index contributed by atoms with van der Waals surface area (Å²) in [7, 11) is 0.910. The summed E-state index contributed by atoms with van der Waals surface area (Å²) in [5, 5.41) is 0. The summed E-state index contributed by atoms with van der Waals surface area (Å²) in [5.74, 6) is 0. The first kappa shape index (κ1) is 12.5. The molecule has 1 nitrogen and oxygen atoms in total. The topological polar surface area (TPSA) is 9.23 Å². The van der Waals surface area contributed by atoms with Gasteiger partial charge in [-0.15, -0.1) is 0 Å². The van der Waals surface area contributed by atoms with Crippen LogP contribution in [-0.2, 0) is 10.5 Å². The second-order valence-electron chi connectivity index (χ2n) is 4.04. The lowest BCUT2D eigenvalue weighted by atomic mass is 10.2. The van der Waals surface area contributed by atoms with E-state index < -0.39 is 9.04 Å². The van der Waals surface area contributed by atoms with Crippen LogP contribution in [0, 0.1) is 0 Å². The lowest BCUT2D eigenvalue weighted by Gasteiger charge is -2.12. The minimum absolute atomic E-state index is 0.971. The Balaban J connectivity index is 2.33. The molecule has 0 aliphatic carbocycles. The van der Waals surface area contributed by atoms with Crippen molar-refractivity contribution < 1.29 is 4.43 Å². The van der Waals surface area contributed by atoms with Crippen LogP contribution in [0.5, 0.6) is 0 Å². The first-order valence-corrected chi connectivity index (χ1v) is 8.04. The minimum Gasteiger partial charge on any atom is -0.423 e. The Hall–Kier alpha value is -0.603. The van der Waals surface area contributed by atoms with Gasteiger partial charge in [-0.05, 0) is 17.7 Å².